The first-order chi connectivity index (χ1) is 9.78. The first-order valence-corrected chi connectivity index (χ1v) is 8.50. The normalized spacial score (nSPS) is 15.3. The van der Waals surface area contributed by atoms with Gasteiger partial charge in [-0.3, -0.25) is 0 Å². The number of rotatable bonds is 7. The monoisotopic (exact) mass is 288 g/mol. The fraction of sp³-hybridized carbons (Fsp3) is 0.529. The number of nitrogens with one attached hydrogen (secondary N) is 1. The number of thiophene rings is 1. The molecule has 0 bridgehead atoms. The van der Waals surface area contributed by atoms with Gasteiger partial charge in [0, 0.05) is 28.7 Å². The summed E-state index contributed by atoms with van der Waals surface area (Å²) in [7, 11) is 2.23. The molecule has 2 aromatic rings. The summed E-state index contributed by atoms with van der Waals surface area (Å²) < 4.78 is 1.43. The van der Waals surface area contributed by atoms with Gasteiger partial charge in [-0.1, -0.05) is 25.1 Å². The Hall–Kier alpha value is -0.900. The Bertz CT molecular complexity index is 571. The van der Waals surface area contributed by atoms with Crippen LogP contribution < -0.4 is 5.32 Å². The zero-order valence-electron chi connectivity index (χ0n) is 12.5. The van der Waals surface area contributed by atoms with Crippen LogP contribution in [0.25, 0.3) is 10.1 Å². The van der Waals surface area contributed by atoms with Crippen LogP contribution in [0, 0.1) is 0 Å². The zero-order valence-corrected chi connectivity index (χ0v) is 13.3. The minimum Gasteiger partial charge on any atom is -0.309 e. The molecule has 0 radical (unpaired) electrons. The second-order valence-electron chi connectivity index (χ2n) is 5.89. The van der Waals surface area contributed by atoms with Gasteiger partial charge in [-0.25, -0.2) is 0 Å². The van der Waals surface area contributed by atoms with Crippen molar-refractivity contribution in [2.45, 2.75) is 45.3 Å². The SMILES string of the molecule is CCCN(C)Cc1c(CNC2CC2)sc2ccccc12. The Kier molecular flexibility index (Phi) is 4.39. The predicted molar refractivity (Wildman–Crippen MR) is 88.3 cm³/mol. The zero-order chi connectivity index (χ0) is 13.9. The summed E-state index contributed by atoms with van der Waals surface area (Å²) in [4.78, 5) is 3.97. The molecule has 0 amide bonds. The van der Waals surface area contributed by atoms with Gasteiger partial charge in [-0.15, -0.1) is 11.3 Å². The fourth-order valence-electron chi connectivity index (χ4n) is 2.72. The molecule has 1 aromatic heterocycles. The quantitative estimate of drug-likeness (QED) is 0.828. The Morgan fingerprint density at radius 3 is 2.85 bits per heavy atom. The van der Waals surface area contributed by atoms with E-state index in [4.69, 9.17) is 0 Å². The molecule has 3 rings (SSSR count). The molecule has 1 heterocycles. The highest BCUT2D eigenvalue weighted by Gasteiger charge is 2.21. The smallest absolute Gasteiger partial charge is 0.0349 e. The van der Waals surface area contributed by atoms with Crippen LogP contribution in [0.3, 0.4) is 0 Å². The van der Waals surface area contributed by atoms with Gasteiger partial charge < -0.3 is 10.2 Å². The average Bonchev–Trinajstić information content (AvgIpc) is 3.21. The second-order valence-corrected chi connectivity index (χ2v) is 7.03. The molecule has 0 aliphatic heterocycles. The minimum atomic E-state index is 0.779. The van der Waals surface area contributed by atoms with Crippen molar-refractivity contribution >= 4 is 21.4 Å². The molecule has 3 heteroatoms. The standard InChI is InChI=1S/C17H24N2S/c1-3-10-19(2)12-15-14-6-4-5-7-16(14)20-17(15)11-18-13-8-9-13/h4-7,13,18H,3,8-12H2,1-2H3. The van der Waals surface area contributed by atoms with Crippen molar-refractivity contribution in [1.82, 2.24) is 10.2 Å². The molecule has 0 saturated heterocycles. The van der Waals surface area contributed by atoms with Crippen molar-refractivity contribution in [1.29, 1.82) is 0 Å². The van der Waals surface area contributed by atoms with Gasteiger partial charge in [-0.2, -0.15) is 0 Å². The molecule has 0 atom stereocenters. The fourth-order valence-corrected chi connectivity index (χ4v) is 3.89. The molecular formula is C17H24N2S. The molecule has 1 aromatic carbocycles. The molecule has 1 aliphatic rings. The van der Waals surface area contributed by atoms with E-state index in [1.165, 1.54) is 46.3 Å². The maximum atomic E-state index is 3.67. The van der Waals surface area contributed by atoms with Crippen molar-refractivity contribution < 1.29 is 0 Å². The lowest BCUT2D eigenvalue weighted by atomic mass is 10.1. The van der Waals surface area contributed by atoms with Gasteiger partial charge >= 0.3 is 0 Å². The van der Waals surface area contributed by atoms with E-state index in [0.717, 1.165) is 19.1 Å². The summed E-state index contributed by atoms with van der Waals surface area (Å²) >= 11 is 1.96. The van der Waals surface area contributed by atoms with E-state index in [2.05, 4.69) is 48.5 Å². The number of hydrogen-bond acceptors (Lipinski definition) is 3. The predicted octanol–water partition coefficient (Wildman–Crippen LogP) is 4.00. The van der Waals surface area contributed by atoms with Crippen LogP contribution in [-0.2, 0) is 13.1 Å². The molecule has 0 spiro atoms. The van der Waals surface area contributed by atoms with E-state index < -0.39 is 0 Å². The number of nitrogens with zero attached hydrogens (tertiary/aromatic N) is 1. The maximum Gasteiger partial charge on any atom is 0.0349 e. The highest BCUT2D eigenvalue weighted by molar-refractivity contribution is 7.19. The summed E-state index contributed by atoms with van der Waals surface area (Å²) in [6.45, 7) is 5.52. The van der Waals surface area contributed by atoms with E-state index in [9.17, 15) is 0 Å². The van der Waals surface area contributed by atoms with E-state index >= 15 is 0 Å². The number of fused-ring (bicyclic) bond motifs is 1. The van der Waals surface area contributed by atoms with Gasteiger partial charge in [0.1, 0.15) is 0 Å². The first-order valence-electron chi connectivity index (χ1n) is 7.69. The van der Waals surface area contributed by atoms with E-state index in [1.807, 2.05) is 11.3 Å². The van der Waals surface area contributed by atoms with Crippen molar-refractivity contribution in [2.24, 2.45) is 0 Å². The van der Waals surface area contributed by atoms with Crippen LogP contribution in [-0.4, -0.2) is 24.5 Å². The third-order valence-corrected chi connectivity index (χ3v) is 5.16. The topological polar surface area (TPSA) is 15.3 Å². The molecule has 1 saturated carbocycles. The largest absolute Gasteiger partial charge is 0.309 e. The summed E-state index contributed by atoms with van der Waals surface area (Å²) in [5.41, 5.74) is 1.54. The van der Waals surface area contributed by atoms with Gasteiger partial charge in [0.2, 0.25) is 0 Å². The first kappa shape index (κ1) is 14.1. The van der Waals surface area contributed by atoms with Gasteiger partial charge in [0.05, 0.1) is 0 Å². The lowest BCUT2D eigenvalue weighted by molar-refractivity contribution is 0.328. The van der Waals surface area contributed by atoms with E-state index in [-0.39, 0.29) is 0 Å². The van der Waals surface area contributed by atoms with Crippen molar-refractivity contribution in [2.75, 3.05) is 13.6 Å². The van der Waals surface area contributed by atoms with Crippen molar-refractivity contribution in [3.8, 4) is 0 Å². The van der Waals surface area contributed by atoms with E-state index in [0.29, 0.717) is 0 Å². The highest BCUT2D eigenvalue weighted by Crippen LogP contribution is 2.33. The molecule has 1 N–H and O–H groups in total. The Morgan fingerprint density at radius 2 is 2.10 bits per heavy atom. The summed E-state index contributed by atoms with van der Waals surface area (Å²) in [6, 6.07) is 9.62. The lowest BCUT2D eigenvalue weighted by Gasteiger charge is -2.16. The number of hydrogen-bond donors (Lipinski definition) is 1. The maximum absolute atomic E-state index is 3.67. The molecule has 108 valence electrons. The van der Waals surface area contributed by atoms with Crippen molar-refractivity contribution in [3.63, 3.8) is 0 Å². The molecule has 20 heavy (non-hydrogen) atoms. The molecule has 0 unspecified atom stereocenters. The van der Waals surface area contributed by atoms with Crippen LogP contribution in [0.5, 0.6) is 0 Å². The van der Waals surface area contributed by atoms with Gasteiger partial charge in [0.25, 0.3) is 0 Å². The molecule has 1 aliphatic carbocycles. The van der Waals surface area contributed by atoms with E-state index in [1.54, 1.807) is 0 Å². The van der Waals surface area contributed by atoms with Crippen LogP contribution >= 0.6 is 11.3 Å². The van der Waals surface area contributed by atoms with Crippen LogP contribution in [0.15, 0.2) is 24.3 Å². The minimum absolute atomic E-state index is 0.779. The van der Waals surface area contributed by atoms with Crippen LogP contribution in [0.1, 0.15) is 36.6 Å². The Balaban J connectivity index is 1.85. The third kappa shape index (κ3) is 3.22. The second kappa shape index (κ2) is 6.25. The Morgan fingerprint density at radius 1 is 1.30 bits per heavy atom. The average molecular weight is 288 g/mol. The summed E-state index contributed by atoms with van der Waals surface area (Å²) in [6.07, 6.45) is 3.93. The molecular weight excluding hydrogens is 264 g/mol. The molecule has 2 nitrogen and oxygen atoms in total. The van der Waals surface area contributed by atoms with Gasteiger partial charge in [0.15, 0.2) is 0 Å². The number of benzene rings is 1. The Labute approximate surface area is 125 Å². The summed E-state index contributed by atoms with van der Waals surface area (Å²) in [5, 5.41) is 5.12. The molecule has 1 fully saturated rings. The van der Waals surface area contributed by atoms with Gasteiger partial charge in [-0.05, 0) is 49.9 Å². The summed E-state index contributed by atoms with van der Waals surface area (Å²) in [5.74, 6) is 0. The van der Waals surface area contributed by atoms with Crippen LogP contribution in [0.2, 0.25) is 0 Å². The lowest BCUT2D eigenvalue weighted by Crippen LogP contribution is -2.20. The van der Waals surface area contributed by atoms with Crippen LogP contribution in [0.4, 0.5) is 0 Å². The highest BCUT2D eigenvalue weighted by atomic mass is 32.1. The third-order valence-electron chi connectivity index (χ3n) is 3.94. The van der Waals surface area contributed by atoms with Crippen molar-refractivity contribution in [3.05, 3.63) is 34.7 Å².